The molecule has 0 atom stereocenters. The van der Waals surface area contributed by atoms with E-state index in [0.717, 1.165) is 50.3 Å². The van der Waals surface area contributed by atoms with Crippen LogP contribution in [0.1, 0.15) is 0 Å². The fraction of sp³-hybridized carbons (Fsp3) is 0.0204. The molecule has 0 saturated heterocycles. The van der Waals surface area contributed by atoms with Crippen LogP contribution in [0.2, 0.25) is 0 Å². The number of rotatable bonds is 8. The average molecular weight is 817 g/mol. The number of hydrogen-bond donors (Lipinski definition) is 0. The van der Waals surface area contributed by atoms with Gasteiger partial charge in [-0.15, -0.1) is 11.3 Å². The van der Waals surface area contributed by atoms with Gasteiger partial charge in [-0.05, 0) is 101 Å². The molecule has 59 heavy (non-hydrogen) atoms. The molecule has 8 aromatic carbocycles. The molecule has 0 N–H and O–H groups in total. The van der Waals surface area contributed by atoms with E-state index >= 15 is 0 Å². The van der Waals surface area contributed by atoms with Crippen molar-refractivity contribution < 1.29 is 25.8 Å². The van der Waals surface area contributed by atoms with E-state index < -0.39 is 21.4 Å². The summed E-state index contributed by atoms with van der Waals surface area (Å²) < 4.78 is 71.9. The third-order valence-corrected chi connectivity index (χ3v) is 12.8. The quantitative estimate of drug-likeness (QED) is 0.113. The molecule has 0 bridgehead atoms. The molecule has 0 aliphatic heterocycles. The van der Waals surface area contributed by atoms with Crippen molar-refractivity contribution in [2.45, 2.75) is 5.51 Å². The summed E-state index contributed by atoms with van der Waals surface area (Å²) in [6.07, 6.45) is 0. The van der Waals surface area contributed by atoms with Gasteiger partial charge >= 0.3 is 15.6 Å². The van der Waals surface area contributed by atoms with Gasteiger partial charge in [-0.25, -0.2) is 0 Å². The second-order valence-corrected chi connectivity index (χ2v) is 16.7. The summed E-state index contributed by atoms with van der Waals surface area (Å²) in [5.74, 6) is -0.447. The van der Waals surface area contributed by atoms with Crippen molar-refractivity contribution in [3.63, 3.8) is 0 Å². The van der Waals surface area contributed by atoms with E-state index in [1.54, 1.807) is 11.3 Å². The largest absolute Gasteiger partial charge is 0.534 e. The summed E-state index contributed by atoms with van der Waals surface area (Å²) in [7, 11) is -5.82. The van der Waals surface area contributed by atoms with Crippen molar-refractivity contribution in [2.75, 3.05) is 4.90 Å². The number of benzene rings is 8. The van der Waals surface area contributed by atoms with Crippen LogP contribution < -0.4 is 9.08 Å². The molecule has 2 aromatic heterocycles. The van der Waals surface area contributed by atoms with Crippen molar-refractivity contribution in [2.24, 2.45) is 0 Å². The van der Waals surface area contributed by atoms with Crippen LogP contribution in [0.5, 0.6) is 5.75 Å². The van der Waals surface area contributed by atoms with Gasteiger partial charge in [0.25, 0.3) is 0 Å². The number of anilines is 3. The van der Waals surface area contributed by atoms with Gasteiger partial charge in [0.1, 0.15) is 5.75 Å². The zero-order valence-corrected chi connectivity index (χ0v) is 32.6. The predicted octanol–water partition coefficient (Wildman–Crippen LogP) is 14.2. The van der Waals surface area contributed by atoms with Gasteiger partial charge in [0.2, 0.25) is 0 Å². The maximum atomic E-state index is 13.1. The Balaban J connectivity index is 0.997. The molecular formula is C49H31F3N2O3S2. The van der Waals surface area contributed by atoms with Crippen LogP contribution in [0.3, 0.4) is 0 Å². The van der Waals surface area contributed by atoms with E-state index in [4.69, 9.17) is 0 Å². The topological polar surface area (TPSA) is 51.5 Å². The van der Waals surface area contributed by atoms with Crippen molar-refractivity contribution in [3.05, 3.63) is 188 Å². The molecule has 0 saturated carbocycles. The molecule has 10 heteroatoms. The Bertz CT molecular complexity index is 3230. The summed E-state index contributed by atoms with van der Waals surface area (Å²) in [5.41, 5.74) is 4.11. The first-order chi connectivity index (χ1) is 28.6. The Morgan fingerprint density at radius 1 is 0.492 bits per heavy atom. The van der Waals surface area contributed by atoms with E-state index in [1.807, 2.05) is 47.4 Å². The molecule has 288 valence electrons. The minimum absolute atomic E-state index is 0.447. The molecule has 10 rings (SSSR count). The van der Waals surface area contributed by atoms with Gasteiger partial charge in [-0.2, -0.15) is 21.6 Å². The van der Waals surface area contributed by atoms with Gasteiger partial charge in [-0.1, -0.05) is 109 Å². The SMILES string of the molecule is O=S(=O)(Oc1ccc(N(c2ccc(-c3ccc(-n4c5ccccc5c5ccccc54)cc3)cc2)c2ccc(-c3cccc4c3sc3ccccc34)cc2)cc1)C(F)(F)F. The molecular weight excluding hydrogens is 786 g/mol. The van der Waals surface area contributed by atoms with Crippen LogP contribution in [0.4, 0.5) is 30.2 Å². The summed E-state index contributed by atoms with van der Waals surface area (Å²) in [6, 6.07) is 61.6. The zero-order valence-electron chi connectivity index (χ0n) is 31.0. The Morgan fingerprint density at radius 3 is 1.54 bits per heavy atom. The summed E-state index contributed by atoms with van der Waals surface area (Å²) >= 11 is 1.76. The van der Waals surface area contributed by atoms with Crippen molar-refractivity contribution in [3.8, 4) is 33.7 Å². The number of hydrogen-bond acceptors (Lipinski definition) is 5. The number of aromatic nitrogens is 1. The fourth-order valence-corrected chi connectivity index (χ4v) is 9.54. The van der Waals surface area contributed by atoms with E-state index in [2.05, 4.69) is 130 Å². The molecule has 10 aromatic rings. The minimum Gasteiger partial charge on any atom is -0.376 e. The first-order valence-electron chi connectivity index (χ1n) is 18.7. The van der Waals surface area contributed by atoms with E-state index in [9.17, 15) is 21.6 Å². The lowest BCUT2D eigenvalue weighted by molar-refractivity contribution is -0.0500. The van der Waals surface area contributed by atoms with Crippen LogP contribution in [0.15, 0.2) is 188 Å². The van der Waals surface area contributed by atoms with Gasteiger partial charge in [-0.3, -0.25) is 0 Å². The lowest BCUT2D eigenvalue weighted by Gasteiger charge is -2.26. The second-order valence-electron chi connectivity index (χ2n) is 14.1. The van der Waals surface area contributed by atoms with Crippen LogP contribution in [-0.2, 0) is 10.1 Å². The molecule has 0 radical (unpaired) electrons. The molecule has 0 spiro atoms. The van der Waals surface area contributed by atoms with Gasteiger partial charge in [0, 0.05) is 53.7 Å². The second kappa shape index (κ2) is 14.2. The molecule has 2 heterocycles. The van der Waals surface area contributed by atoms with Crippen molar-refractivity contribution in [1.29, 1.82) is 0 Å². The first kappa shape index (κ1) is 36.5. The fourth-order valence-electron chi connectivity index (χ4n) is 7.84. The lowest BCUT2D eigenvalue weighted by Crippen LogP contribution is -2.28. The number of alkyl halides is 3. The Kier molecular flexibility index (Phi) is 8.77. The highest BCUT2D eigenvalue weighted by atomic mass is 32.2. The molecule has 5 nitrogen and oxygen atoms in total. The maximum absolute atomic E-state index is 13.1. The van der Waals surface area contributed by atoms with Gasteiger partial charge < -0.3 is 13.7 Å². The minimum atomic E-state index is -5.82. The highest BCUT2D eigenvalue weighted by Crippen LogP contribution is 2.42. The average Bonchev–Trinajstić information content (AvgIpc) is 3.81. The van der Waals surface area contributed by atoms with Crippen molar-refractivity contribution in [1.82, 2.24) is 4.57 Å². The lowest BCUT2D eigenvalue weighted by atomic mass is 10.0. The smallest absolute Gasteiger partial charge is 0.376 e. The summed E-state index contributed by atoms with van der Waals surface area (Å²) in [4.78, 5) is 1.96. The third-order valence-electron chi connectivity index (χ3n) is 10.6. The van der Waals surface area contributed by atoms with E-state index in [1.165, 1.54) is 55.2 Å². The molecule has 0 fully saturated rings. The summed E-state index contributed by atoms with van der Waals surface area (Å²) in [6.45, 7) is 0. The first-order valence-corrected chi connectivity index (χ1v) is 21.0. The highest BCUT2D eigenvalue weighted by Gasteiger charge is 2.48. The normalized spacial score (nSPS) is 12.1. The van der Waals surface area contributed by atoms with Crippen molar-refractivity contribution >= 4 is 80.5 Å². The van der Waals surface area contributed by atoms with E-state index in [-0.39, 0.29) is 0 Å². The Labute approximate surface area is 341 Å². The number of thiophene rings is 1. The molecule has 0 aliphatic rings. The number of halogens is 3. The predicted molar refractivity (Wildman–Crippen MR) is 235 cm³/mol. The Hall–Kier alpha value is -6.88. The number of fused-ring (bicyclic) bond motifs is 6. The van der Waals surface area contributed by atoms with E-state index in [0.29, 0.717) is 5.69 Å². The summed E-state index contributed by atoms with van der Waals surface area (Å²) in [5, 5.41) is 4.81. The number of para-hydroxylation sites is 2. The monoisotopic (exact) mass is 816 g/mol. The Morgan fingerprint density at radius 2 is 0.966 bits per heavy atom. The zero-order chi connectivity index (χ0) is 40.3. The number of nitrogens with zero attached hydrogens (tertiary/aromatic N) is 2. The standard InChI is InChI=1S/C49H31F3N2O3S2/c50-49(51,52)59(55,56)57-39-30-28-37(29-31-39)53(36-26-20-34(21-27-36)40-11-7-12-44-43-10-3-6-15-47(43)58-48(40)44)35-22-16-32(17-23-35)33-18-24-38(25-19-33)54-45-13-4-1-8-41(45)42-9-2-5-14-46(42)54/h1-31H. The van der Waals surface area contributed by atoms with Gasteiger partial charge in [0.15, 0.2) is 0 Å². The van der Waals surface area contributed by atoms with Gasteiger partial charge in [0.05, 0.1) is 11.0 Å². The van der Waals surface area contributed by atoms with Crippen LogP contribution >= 0.6 is 11.3 Å². The molecule has 0 unspecified atom stereocenters. The van der Waals surface area contributed by atoms with Crippen LogP contribution in [-0.4, -0.2) is 18.5 Å². The highest BCUT2D eigenvalue weighted by molar-refractivity contribution is 7.88. The molecule has 0 aliphatic carbocycles. The van der Waals surface area contributed by atoms with Crippen LogP contribution in [0.25, 0.3) is 69.9 Å². The third kappa shape index (κ3) is 6.47. The van der Waals surface area contributed by atoms with Crippen LogP contribution in [0, 0.1) is 0 Å². The molecule has 0 amide bonds. The maximum Gasteiger partial charge on any atom is 0.534 e.